The third-order valence-electron chi connectivity index (χ3n) is 4.60. The molecule has 0 aliphatic carbocycles. The molecule has 4 aromatic rings. The van der Waals surface area contributed by atoms with Crippen LogP contribution in [0.4, 0.5) is 5.69 Å². The minimum absolute atomic E-state index is 0.650. The molecule has 4 rings (SSSR count). The van der Waals surface area contributed by atoms with Gasteiger partial charge in [-0.1, -0.05) is 48.5 Å². The monoisotopic (exact) mass is 369 g/mol. The van der Waals surface area contributed by atoms with Gasteiger partial charge in [-0.25, -0.2) is 0 Å². The Labute approximate surface area is 165 Å². The van der Waals surface area contributed by atoms with Crippen molar-refractivity contribution >= 4 is 16.5 Å². The lowest BCUT2D eigenvalue weighted by Gasteiger charge is -2.15. The summed E-state index contributed by atoms with van der Waals surface area (Å²) in [6.07, 6.45) is 0. The van der Waals surface area contributed by atoms with Gasteiger partial charge in [0.25, 0.3) is 0 Å². The van der Waals surface area contributed by atoms with E-state index in [0.717, 1.165) is 22.9 Å². The van der Waals surface area contributed by atoms with Crippen molar-refractivity contribution in [3.63, 3.8) is 0 Å². The van der Waals surface area contributed by atoms with Crippen molar-refractivity contribution in [3.05, 3.63) is 96.6 Å². The van der Waals surface area contributed by atoms with E-state index in [2.05, 4.69) is 41.7 Å². The summed E-state index contributed by atoms with van der Waals surface area (Å²) < 4.78 is 11.7. The Morgan fingerprint density at radius 3 is 2.21 bits per heavy atom. The molecular weight excluding hydrogens is 346 g/mol. The fourth-order valence-corrected chi connectivity index (χ4v) is 3.24. The first-order chi connectivity index (χ1) is 13.8. The number of ether oxygens (including phenoxy) is 2. The lowest BCUT2D eigenvalue weighted by Crippen LogP contribution is -2.04. The topological polar surface area (TPSA) is 30.5 Å². The second kappa shape index (κ2) is 8.49. The van der Waals surface area contributed by atoms with Crippen molar-refractivity contribution in [3.8, 4) is 17.2 Å². The molecule has 0 bridgehead atoms. The Kier molecular flexibility index (Phi) is 5.43. The van der Waals surface area contributed by atoms with Crippen LogP contribution >= 0.6 is 0 Å². The molecule has 0 aromatic heterocycles. The van der Waals surface area contributed by atoms with Crippen molar-refractivity contribution in [1.29, 1.82) is 0 Å². The van der Waals surface area contributed by atoms with E-state index in [4.69, 9.17) is 9.47 Å². The zero-order valence-electron chi connectivity index (χ0n) is 15.9. The fraction of sp³-hybridized carbons (Fsp3) is 0.120. The molecule has 0 heterocycles. The van der Waals surface area contributed by atoms with Gasteiger partial charge >= 0.3 is 0 Å². The highest BCUT2D eigenvalue weighted by Crippen LogP contribution is 2.29. The van der Waals surface area contributed by atoms with Crippen LogP contribution in [0, 0.1) is 0 Å². The third kappa shape index (κ3) is 4.09. The van der Waals surface area contributed by atoms with Crippen LogP contribution in [-0.2, 0) is 6.54 Å². The van der Waals surface area contributed by atoms with Crippen LogP contribution in [0.5, 0.6) is 17.2 Å². The second-order valence-corrected chi connectivity index (χ2v) is 6.49. The molecule has 28 heavy (non-hydrogen) atoms. The second-order valence-electron chi connectivity index (χ2n) is 6.49. The van der Waals surface area contributed by atoms with Crippen molar-refractivity contribution < 1.29 is 9.47 Å². The number of hydrogen-bond acceptors (Lipinski definition) is 3. The van der Waals surface area contributed by atoms with Crippen LogP contribution in [0.2, 0.25) is 0 Å². The van der Waals surface area contributed by atoms with Crippen LogP contribution in [-0.4, -0.2) is 6.61 Å². The van der Waals surface area contributed by atoms with Gasteiger partial charge in [-0.05, 0) is 60.2 Å². The van der Waals surface area contributed by atoms with E-state index < -0.39 is 0 Å². The summed E-state index contributed by atoms with van der Waals surface area (Å²) in [5.41, 5.74) is 2.21. The maximum Gasteiger partial charge on any atom is 0.127 e. The highest BCUT2D eigenvalue weighted by Gasteiger charge is 2.09. The molecule has 0 aliphatic heterocycles. The van der Waals surface area contributed by atoms with E-state index in [1.54, 1.807) is 0 Å². The molecule has 3 heteroatoms. The predicted molar refractivity (Wildman–Crippen MR) is 115 cm³/mol. The van der Waals surface area contributed by atoms with E-state index in [-0.39, 0.29) is 0 Å². The Balaban J connectivity index is 1.50. The van der Waals surface area contributed by atoms with Crippen molar-refractivity contribution in [1.82, 2.24) is 0 Å². The maximum absolute atomic E-state index is 5.86. The molecule has 0 saturated heterocycles. The largest absolute Gasteiger partial charge is 0.494 e. The summed E-state index contributed by atoms with van der Waals surface area (Å²) in [7, 11) is 0. The Morgan fingerprint density at radius 2 is 1.43 bits per heavy atom. The van der Waals surface area contributed by atoms with Crippen molar-refractivity contribution in [2.75, 3.05) is 11.9 Å². The van der Waals surface area contributed by atoms with E-state index >= 15 is 0 Å². The smallest absolute Gasteiger partial charge is 0.127 e. The Hall–Kier alpha value is -3.46. The summed E-state index contributed by atoms with van der Waals surface area (Å²) >= 11 is 0. The quantitative estimate of drug-likeness (QED) is 0.396. The van der Waals surface area contributed by atoms with Gasteiger partial charge in [0.2, 0.25) is 0 Å². The SMILES string of the molecule is CCOc1ccc2ccccc2c1CNc1ccc(Oc2ccccc2)cc1. The lowest BCUT2D eigenvalue weighted by atomic mass is 10.0. The predicted octanol–water partition coefficient (Wildman–Crippen LogP) is 6.64. The number of nitrogens with one attached hydrogen (secondary N) is 1. The minimum atomic E-state index is 0.650. The highest BCUT2D eigenvalue weighted by atomic mass is 16.5. The zero-order valence-corrected chi connectivity index (χ0v) is 15.9. The minimum Gasteiger partial charge on any atom is -0.494 e. The molecule has 0 atom stereocenters. The number of fused-ring (bicyclic) bond motifs is 1. The van der Waals surface area contributed by atoms with Gasteiger partial charge in [-0.15, -0.1) is 0 Å². The van der Waals surface area contributed by atoms with Gasteiger partial charge in [0.1, 0.15) is 17.2 Å². The van der Waals surface area contributed by atoms with Gasteiger partial charge in [-0.2, -0.15) is 0 Å². The molecule has 0 unspecified atom stereocenters. The van der Waals surface area contributed by atoms with Gasteiger partial charge in [0, 0.05) is 17.8 Å². The summed E-state index contributed by atoms with van der Waals surface area (Å²) in [6, 6.07) is 30.4. The van der Waals surface area contributed by atoms with E-state index in [9.17, 15) is 0 Å². The number of para-hydroxylation sites is 1. The molecule has 4 aromatic carbocycles. The first-order valence-electron chi connectivity index (χ1n) is 9.54. The number of hydrogen-bond donors (Lipinski definition) is 1. The average Bonchev–Trinajstić information content (AvgIpc) is 2.75. The van der Waals surface area contributed by atoms with Gasteiger partial charge in [0.15, 0.2) is 0 Å². The zero-order chi connectivity index (χ0) is 19.2. The summed E-state index contributed by atoms with van der Waals surface area (Å²) in [6.45, 7) is 3.35. The normalized spacial score (nSPS) is 10.6. The van der Waals surface area contributed by atoms with Crippen molar-refractivity contribution in [2.24, 2.45) is 0 Å². The first-order valence-corrected chi connectivity index (χ1v) is 9.54. The van der Waals surface area contributed by atoms with Gasteiger partial charge < -0.3 is 14.8 Å². The van der Waals surface area contributed by atoms with Crippen molar-refractivity contribution in [2.45, 2.75) is 13.5 Å². The molecule has 0 radical (unpaired) electrons. The van der Waals surface area contributed by atoms with Crippen LogP contribution in [0.25, 0.3) is 10.8 Å². The summed E-state index contributed by atoms with van der Waals surface area (Å²) in [5, 5.41) is 5.94. The molecule has 0 fully saturated rings. The molecule has 0 spiro atoms. The van der Waals surface area contributed by atoms with E-state index in [1.165, 1.54) is 16.3 Å². The number of rotatable bonds is 7. The van der Waals surface area contributed by atoms with E-state index in [0.29, 0.717) is 13.2 Å². The first kappa shape index (κ1) is 17.9. The number of anilines is 1. The van der Waals surface area contributed by atoms with Crippen LogP contribution in [0.3, 0.4) is 0 Å². The average molecular weight is 369 g/mol. The molecule has 140 valence electrons. The van der Waals surface area contributed by atoms with Crippen LogP contribution in [0.1, 0.15) is 12.5 Å². The van der Waals surface area contributed by atoms with Crippen LogP contribution < -0.4 is 14.8 Å². The lowest BCUT2D eigenvalue weighted by molar-refractivity contribution is 0.337. The number of benzene rings is 4. The molecule has 1 N–H and O–H groups in total. The molecular formula is C25H23NO2. The fourth-order valence-electron chi connectivity index (χ4n) is 3.24. The van der Waals surface area contributed by atoms with E-state index in [1.807, 2.05) is 61.5 Å². The Morgan fingerprint density at radius 1 is 0.714 bits per heavy atom. The van der Waals surface area contributed by atoms with Crippen LogP contribution in [0.15, 0.2) is 91.0 Å². The van der Waals surface area contributed by atoms with Gasteiger partial charge in [0.05, 0.1) is 6.61 Å². The molecule has 3 nitrogen and oxygen atoms in total. The molecule has 0 saturated carbocycles. The summed E-state index contributed by atoms with van der Waals surface area (Å²) in [4.78, 5) is 0. The summed E-state index contributed by atoms with van der Waals surface area (Å²) in [5.74, 6) is 2.58. The highest BCUT2D eigenvalue weighted by molar-refractivity contribution is 5.88. The maximum atomic E-state index is 5.86. The van der Waals surface area contributed by atoms with Gasteiger partial charge in [-0.3, -0.25) is 0 Å². The third-order valence-corrected chi connectivity index (χ3v) is 4.60. The standard InChI is InChI=1S/C25H23NO2/c1-2-27-25-17-12-19-8-6-7-11-23(19)24(25)18-26-20-13-15-22(16-14-20)28-21-9-4-3-5-10-21/h3-17,26H,2,18H2,1H3. The molecule has 0 amide bonds. The molecule has 0 aliphatic rings. The Bertz CT molecular complexity index is 1040.